The van der Waals surface area contributed by atoms with Crippen LogP contribution in [0, 0.1) is 0 Å². The van der Waals surface area contributed by atoms with Gasteiger partial charge in [-0.2, -0.15) is 13.2 Å². The second-order valence-electron chi connectivity index (χ2n) is 3.72. The highest BCUT2D eigenvalue weighted by Gasteiger charge is 2.30. The lowest BCUT2D eigenvalue weighted by Gasteiger charge is -2.23. The first kappa shape index (κ1) is 15.2. The number of carbonyl (C=O) groups excluding carboxylic acids is 1. The van der Waals surface area contributed by atoms with Gasteiger partial charge in [0.2, 0.25) is 5.91 Å². The Labute approximate surface area is 93.0 Å². The minimum absolute atomic E-state index is 0.0468. The Morgan fingerprint density at radius 1 is 1.50 bits per heavy atom. The van der Waals surface area contributed by atoms with Gasteiger partial charge in [0.25, 0.3) is 0 Å². The maximum atomic E-state index is 12.0. The Kier molecular flexibility index (Phi) is 6.35. The predicted octanol–water partition coefficient (Wildman–Crippen LogP) is 0.334. The van der Waals surface area contributed by atoms with Gasteiger partial charge in [0.1, 0.15) is 0 Å². The molecule has 96 valence electrons. The Bertz CT molecular complexity index is 221. The van der Waals surface area contributed by atoms with E-state index in [-0.39, 0.29) is 6.54 Å². The van der Waals surface area contributed by atoms with Crippen LogP contribution in [0.3, 0.4) is 0 Å². The highest BCUT2D eigenvalue weighted by atomic mass is 19.4. The van der Waals surface area contributed by atoms with Crippen LogP contribution in [-0.2, 0) is 4.79 Å². The lowest BCUT2D eigenvalue weighted by atomic mass is 10.2. The van der Waals surface area contributed by atoms with Crippen molar-refractivity contribution < 1.29 is 18.0 Å². The van der Waals surface area contributed by atoms with Crippen molar-refractivity contribution in [1.82, 2.24) is 10.2 Å². The first-order chi connectivity index (χ1) is 7.26. The summed E-state index contributed by atoms with van der Waals surface area (Å²) in [6.45, 7) is 1.34. The Morgan fingerprint density at radius 3 is 2.44 bits per heavy atom. The summed E-state index contributed by atoms with van der Waals surface area (Å²) in [5, 5.41) is 2.80. The molecule has 3 N–H and O–H groups in total. The molecule has 0 saturated heterocycles. The standard InChI is InChI=1S/C9H18F3N3O/c1-3-4-14-7(8(13)16)5-15(2)6-9(10,11)12/h7,14H,3-6H2,1-2H3,(H2,13,16). The number of nitrogens with zero attached hydrogens (tertiary/aromatic N) is 1. The van der Waals surface area contributed by atoms with Crippen LogP contribution in [0.4, 0.5) is 13.2 Å². The molecule has 0 aliphatic carbocycles. The number of carbonyl (C=O) groups is 1. The minimum Gasteiger partial charge on any atom is -0.368 e. The van der Waals surface area contributed by atoms with Gasteiger partial charge in [-0.1, -0.05) is 6.92 Å². The van der Waals surface area contributed by atoms with E-state index in [4.69, 9.17) is 5.73 Å². The second kappa shape index (κ2) is 6.70. The fourth-order valence-electron chi connectivity index (χ4n) is 1.26. The first-order valence-electron chi connectivity index (χ1n) is 5.04. The number of nitrogens with one attached hydrogen (secondary N) is 1. The summed E-state index contributed by atoms with van der Waals surface area (Å²) in [4.78, 5) is 12.0. The summed E-state index contributed by atoms with van der Waals surface area (Å²) in [6, 6.07) is -0.743. The van der Waals surface area contributed by atoms with E-state index < -0.39 is 24.7 Å². The Morgan fingerprint density at radius 2 is 2.06 bits per heavy atom. The number of hydrogen-bond donors (Lipinski definition) is 2. The quantitative estimate of drug-likeness (QED) is 0.675. The number of hydrogen-bond acceptors (Lipinski definition) is 3. The molecule has 1 unspecified atom stereocenters. The summed E-state index contributed by atoms with van der Waals surface area (Å²) in [5.41, 5.74) is 5.08. The molecule has 0 fully saturated rings. The highest BCUT2D eigenvalue weighted by molar-refractivity contribution is 5.80. The van der Waals surface area contributed by atoms with E-state index in [2.05, 4.69) is 5.32 Å². The molecule has 16 heavy (non-hydrogen) atoms. The third kappa shape index (κ3) is 7.47. The van der Waals surface area contributed by atoms with E-state index in [1.807, 2.05) is 6.92 Å². The van der Waals surface area contributed by atoms with Crippen LogP contribution in [0.2, 0.25) is 0 Å². The average molecular weight is 241 g/mol. The van der Waals surface area contributed by atoms with Crippen LogP contribution in [0.25, 0.3) is 0 Å². The van der Waals surface area contributed by atoms with Gasteiger partial charge in [-0.25, -0.2) is 0 Å². The van der Waals surface area contributed by atoms with Crippen LogP contribution >= 0.6 is 0 Å². The summed E-state index contributed by atoms with van der Waals surface area (Å²) < 4.78 is 36.1. The zero-order chi connectivity index (χ0) is 12.8. The van der Waals surface area contributed by atoms with Crippen molar-refractivity contribution in [1.29, 1.82) is 0 Å². The number of halogens is 3. The maximum absolute atomic E-state index is 12.0. The van der Waals surface area contributed by atoms with Crippen molar-refractivity contribution in [3.63, 3.8) is 0 Å². The van der Waals surface area contributed by atoms with Gasteiger partial charge in [-0.3, -0.25) is 9.69 Å². The first-order valence-corrected chi connectivity index (χ1v) is 5.04. The lowest BCUT2D eigenvalue weighted by Crippen LogP contribution is -2.49. The Balaban J connectivity index is 4.13. The summed E-state index contributed by atoms with van der Waals surface area (Å²) in [5.74, 6) is -0.637. The molecule has 0 spiro atoms. The molecule has 0 aliphatic rings. The molecule has 4 nitrogen and oxygen atoms in total. The van der Waals surface area contributed by atoms with E-state index in [1.165, 1.54) is 7.05 Å². The van der Waals surface area contributed by atoms with Gasteiger partial charge in [-0.15, -0.1) is 0 Å². The zero-order valence-corrected chi connectivity index (χ0v) is 9.47. The molecular formula is C9H18F3N3O. The van der Waals surface area contributed by atoms with Gasteiger partial charge in [0.15, 0.2) is 0 Å². The van der Waals surface area contributed by atoms with Crippen molar-refractivity contribution >= 4 is 5.91 Å². The molecule has 0 bridgehead atoms. The topological polar surface area (TPSA) is 58.4 Å². The molecular weight excluding hydrogens is 223 g/mol. The van der Waals surface area contributed by atoms with Crippen molar-refractivity contribution in [2.24, 2.45) is 5.73 Å². The summed E-state index contributed by atoms with van der Waals surface area (Å²) >= 11 is 0. The van der Waals surface area contributed by atoms with Crippen LogP contribution in [0.1, 0.15) is 13.3 Å². The Hall–Kier alpha value is -0.820. The molecule has 0 heterocycles. The molecule has 0 radical (unpaired) electrons. The molecule has 7 heteroatoms. The molecule has 0 aliphatic heterocycles. The van der Waals surface area contributed by atoms with Crippen molar-refractivity contribution in [2.75, 3.05) is 26.7 Å². The van der Waals surface area contributed by atoms with Gasteiger partial charge >= 0.3 is 6.18 Å². The second-order valence-corrected chi connectivity index (χ2v) is 3.72. The third-order valence-electron chi connectivity index (χ3n) is 1.93. The van der Waals surface area contributed by atoms with Crippen LogP contribution in [0.5, 0.6) is 0 Å². The summed E-state index contributed by atoms with van der Waals surface area (Å²) in [6.07, 6.45) is -3.48. The number of amides is 1. The maximum Gasteiger partial charge on any atom is 0.401 e. The minimum atomic E-state index is -4.26. The largest absolute Gasteiger partial charge is 0.401 e. The molecule has 0 saturated carbocycles. The number of rotatable bonds is 7. The van der Waals surface area contributed by atoms with Gasteiger partial charge < -0.3 is 11.1 Å². The van der Waals surface area contributed by atoms with Crippen molar-refractivity contribution in [3.8, 4) is 0 Å². The lowest BCUT2D eigenvalue weighted by molar-refractivity contribution is -0.145. The van der Waals surface area contributed by atoms with Crippen LogP contribution < -0.4 is 11.1 Å². The van der Waals surface area contributed by atoms with Gasteiger partial charge in [0, 0.05) is 6.54 Å². The van der Waals surface area contributed by atoms with E-state index in [0.29, 0.717) is 6.54 Å². The molecule has 1 atom stereocenters. The zero-order valence-electron chi connectivity index (χ0n) is 9.47. The molecule has 0 aromatic heterocycles. The normalized spacial score (nSPS) is 14.1. The SMILES string of the molecule is CCCNC(CN(C)CC(F)(F)F)C(N)=O. The molecule has 0 aromatic rings. The van der Waals surface area contributed by atoms with E-state index >= 15 is 0 Å². The highest BCUT2D eigenvalue weighted by Crippen LogP contribution is 2.15. The van der Waals surface area contributed by atoms with E-state index in [9.17, 15) is 18.0 Å². The van der Waals surface area contributed by atoms with Crippen molar-refractivity contribution in [3.05, 3.63) is 0 Å². The molecule has 0 aromatic carbocycles. The van der Waals surface area contributed by atoms with E-state index in [0.717, 1.165) is 11.3 Å². The fourth-order valence-corrected chi connectivity index (χ4v) is 1.26. The number of nitrogens with two attached hydrogens (primary N) is 1. The van der Waals surface area contributed by atoms with Gasteiger partial charge in [-0.05, 0) is 20.0 Å². The smallest absolute Gasteiger partial charge is 0.368 e. The predicted molar refractivity (Wildman–Crippen MR) is 54.8 cm³/mol. The monoisotopic (exact) mass is 241 g/mol. The fraction of sp³-hybridized carbons (Fsp3) is 0.889. The van der Waals surface area contributed by atoms with Crippen LogP contribution in [0.15, 0.2) is 0 Å². The van der Waals surface area contributed by atoms with Gasteiger partial charge in [0.05, 0.1) is 12.6 Å². The average Bonchev–Trinajstić information content (AvgIpc) is 2.08. The summed E-state index contributed by atoms with van der Waals surface area (Å²) in [7, 11) is 1.30. The third-order valence-corrected chi connectivity index (χ3v) is 1.93. The van der Waals surface area contributed by atoms with Crippen LogP contribution in [-0.4, -0.2) is 49.7 Å². The van der Waals surface area contributed by atoms with E-state index in [1.54, 1.807) is 0 Å². The molecule has 0 rings (SSSR count). The molecule has 1 amide bonds. The number of primary amides is 1. The number of likely N-dealkylation sites (N-methyl/N-ethyl adjacent to an activating group) is 1. The number of alkyl halides is 3. The van der Waals surface area contributed by atoms with Crippen molar-refractivity contribution in [2.45, 2.75) is 25.6 Å².